The second kappa shape index (κ2) is 5.05. The number of pyridine rings is 2. The summed E-state index contributed by atoms with van der Waals surface area (Å²) in [5.74, 6) is 0. The van der Waals surface area contributed by atoms with Crippen molar-refractivity contribution >= 4 is 11.6 Å². The van der Waals surface area contributed by atoms with Crippen molar-refractivity contribution in [1.29, 1.82) is 0 Å². The van der Waals surface area contributed by atoms with Gasteiger partial charge in [0.15, 0.2) is 0 Å². The first-order chi connectivity index (χ1) is 7.75. The van der Waals surface area contributed by atoms with Crippen LogP contribution in [0, 0.1) is 0 Å². The van der Waals surface area contributed by atoms with Gasteiger partial charge in [0, 0.05) is 29.5 Å². The minimum absolute atomic E-state index is 0.173. The summed E-state index contributed by atoms with van der Waals surface area (Å²) in [7, 11) is 0. The maximum absolute atomic E-state index is 6.03. The molecule has 2 N–H and O–H groups in total. The number of rotatable bonds is 3. The monoisotopic (exact) mass is 233 g/mol. The summed E-state index contributed by atoms with van der Waals surface area (Å²) in [5, 5.41) is 0.654. The largest absolute Gasteiger partial charge is 0.322 e. The molecule has 4 heteroatoms. The zero-order valence-electron chi connectivity index (χ0n) is 8.68. The summed E-state index contributed by atoms with van der Waals surface area (Å²) in [6, 6.07) is 9.12. The molecule has 0 radical (unpaired) electrons. The number of hydrogen-bond acceptors (Lipinski definition) is 3. The van der Waals surface area contributed by atoms with Crippen molar-refractivity contribution in [2.45, 2.75) is 12.5 Å². The molecule has 16 heavy (non-hydrogen) atoms. The van der Waals surface area contributed by atoms with Crippen LogP contribution >= 0.6 is 11.6 Å². The van der Waals surface area contributed by atoms with Crippen LogP contribution in [0.15, 0.2) is 42.7 Å². The summed E-state index contributed by atoms with van der Waals surface area (Å²) in [6.45, 7) is 0. The molecule has 2 aromatic heterocycles. The average molecular weight is 234 g/mol. The Balaban J connectivity index is 2.12. The van der Waals surface area contributed by atoms with Gasteiger partial charge < -0.3 is 5.73 Å². The predicted octanol–water partition coefficient (Wildman–Crippen LogP) is 2.37. The molecule has 0 aliphatic carbocycles. The first-order valence-corrected chi connectivity index (χ1v) is 5.40. The lowest BCUT2D eigenvalue weighted by molar-refractivity contribution is 0.683. The summed E-state index contributed by atoms with van der Waals surface area (Å²) in [4.78, 5) is 8.42. The Morgan fingerprint density at radius 1 is 1.19 bits per heavy atom. The van der Waals surface area contributed by atoms with Crippen LogP contribution in [0.5, 0.6) is 0 Å². The van der Waals surface area contributed by atoms with Gasteiger partial charge in [0.05, 0.1) is 11.7 Å². The molecule has 0 unspecified atom stereocenters. The van der Waals surface area contributed by atoms with Crippen LogP contribution in [0.25, 0.3) is 0 Å². The lowest BCUT2D eigenvalue weighted by atomic mass is 10.1. The van der Waals surface area contributed by atoms with Gasteiger partial charge in [0.1, 0.15) is 0 Å². The number of hydrogen-bond donors (Lipinski definition) is 1. The molecule has 2 aromatic rings. The molecule has 0 fully saturated rings. The van der Waals surface area contributed by atoms with Gasteiger partial charge in [-0.25, -0.2) is 0 Å². The minimum atomic E-state index is -0.173. The minimum Gasteiger partial charge on any atom is -0.322 e. The summed E-state index contributed by atoms with van der Waals surface area (Å²) in [5.41, 5.74) is 7.78. The third-order valence-corrected chi connectivity index (χ3v) is 2.51. The molecule has 0 saturated carbocycles. The molecule has 0 bridgehead atoms. The third-order valence-electron chi connectivity index (χ3n) is 2.28. The first-order valence-electron chi connectivity index (χ1n) is 5.02. The number of halogens is 1. The van der Waals surface area contributed by atoms with Crippen LogP contribution in [0.2, 0.25) is 5.02 Å². The molecule has 1 atom stereocenters. The zero-order valence-corrected chi connectivity index (χ0v) is 9.43. The van der Waals surface area contributed by atoms with Crippen LogP contribution in [-0.2, 0) is 6.42 Å². The highest BCUT2D eigenvalue weighted by Gasteiger charge is 2.09. The Labute approximate surface area is 99.3 Å². The van der Waals surface area contributed by atoms with Gasteiger partial charge in [-0.2, -0.15) is 0 Å². The molecule has 0 saturated heterocycles. The van der Waals surface area contributed by atoms with Gasteiger partial charge in [-0.3, -0.25) is 9.97 Å². The lowest BCUT2D eigenvalue weighted by Gasteiger charge is -2.10. The van der Waals surface area contributed by atoms with E-state index in [1.807, 2.05) is 18.2 Å². The SMILES string of the molecule is N[C@@H](Cc1ccccn1)c1cc(Cl)ccn1. The molecule has 0 aromatic carbocycles. The highest BCUT2D eigenvalue weighted by Crippen LogP contribution is 2.16. The summed E-state index contributed by atoms with van der Waals surface area (Å²) in [6.07, 6.45) is 4.08. The Bertz CT molecular complexity index is 459. The van der Waals surface area contributed by atoms with Crippen LogP contribution < -0.4 is 5.73 Å². The Hall–Kier alpha value is -1.45. The summed E-state index contributed by atoms with van der Waals surface area (Å²) >= 11 is 5.88. The van der Waals surface area contributed by atoms with Crippen LogP contribution in [0.4, 0.5) is 0 Å². The van der Waals surface area contributed by atoms with Gasteiger partial charge in [0.2, 0.25) is 0 Å². The Kier molecular flexibility index (Phi) is 3.49. The van der Waals surface area contributed by atoms with E-state index >= 15 is 0 Å². The van der Waals surface area contributed by atoms with Crippen LogP contribution in [0.1, 0.15) is 17.4 Å². The molecule has 2 rings (SSSR count). The van der Waals surface area contributed by atoms with E-state index in [9.17, 15) is 0 Å². The van der Waals surface area contributed by atoms with E-state index in [0.29, 0.717) is 11.4 Å². The highest BCUT2D eigenvalue weighted by molar-refractivity contribution is 6.30. The number of aromatic nitrogens is 2. The van der Waals surface area contributed by atoms with Crippen molar-refractivity contribution < 1.29 is 0 Å². The maximum atomic E-state index is 6.03. The smallest absolute Gasteiger partial charge is 0.0589 e. The summed E-state index contributed by atoms with van der Waals surface area (Å²) < 4.78 is 0. The van der Waals surface area contributed by atoms with E-state index in [2.05, 4.69) is 9.97 Å². The van der Waals surface area contributed by atoms with E-state index < -0.39 is 0 Å². The standard InChI is InChI=1S/C12H12ClN3/c13-9-4-6-16-12(7-9)11(14)8-10-3-1-2-5-15-10/h1-7,11H,8,14H2/t11-/m0/s1. The number of nitrogens with zero attached hydrogens (tertiary/aromatic N) is 2. The third kappa shape index (κ3) is 2.78. The molecule has 3 nitrogen and oxygen atoms in total. The Morgan fingerprint density at radius 2 is 2.06 bits per heavy atom. The van der Waals surface area contributed by atoms with E-state index in [0.717, 1.165) is 11.4 Å². The topological polar surface area (TPSA) is 51.8 Å². The molecule has 0 aliphatic heterocycles. The van der Waals surface area contributed by atoms with Gasteiger partial charge >= 0.3 is 0 Å². The van der Waals surface area contributed by atoms with Crippen molar-refractivity contribution in [3.63, 3.8) is 0 Å². The van der Waals surface area contributed by atoms with Gasteiger partial charge in [-0.05, 0) is 24.3 Å². The van der Waals surface area contributed by atoms with Crippen molar-refractivity contribution in [3.05, 3.63) is 59.1 Å². The predicted molar refractivity (Wildman–Crippen MR) is 64.1 cm³/mol. The van der Waals surface area contributed by atoms with E-state index in [1.54, 1.807) is 24.5 Å². The molecule has 0 amide bonds. The molecule has 2 heterocycles. The maximum Gasteiger partial charge on any atom is 0.0589 e. The van der Waals surface area contributed by atoms with E-state index in [1.165, 1.54) is 0 Å². The quantitative estimate of drug-likeness (QED) is 0.886. The number of nitrogens with two attached hydrogens (primary N) is 1. The average Bonchev–Trinajstić information content (AvgIpc) is 2.30. The fraction of sp³-hybridized carbons (Fsp3) is 0.167. The van der Waals surface area contributed by atoms with Crippen LogP contribution in [-0.4, -0.2) is 9.97 Å². The zero-order chi connectivity index (χ0) is 11.4. The first kappa shape index (κ1) is 11.0. The van der Waals surface area contributed by atoms with E-state index in [4.69, 9.17) is 17.3 Å². The molecule has 82 valence electrons. The second-order valence-corrected chi connectivity index (χ2v) is 3.97. The van der Waals surface area contributed by atoms with Crippen molar-refractivity contribution in [1.82, 2.24) is 9.97 Å². The van der Waals surface area contributed by atoms with Crippen molar-refractivity contribution in [3.8, 4) is 0 Å². The fourth-order valence-electron chi connectivity index (χ4n) is 1.47. The fourth-order valence-corrected chi connectivity index (χ4v) is 1.64. The Morgan fingerprint density at radius 3 is 2.75 bits per heavy atom. The molecular weight excluding hydrogens is 222 g/mol. The molecule has 0 aliphatic rings. The normalized spacial score (nSPS) is 12.4. The van der Waals surface area contributed by atoms with Gasteiger partial charge in [-0.1, -0.05) is 17.7 Å². The second-order valence-electron chi connectivity index (χ2n) is 3.53. The van der Waals surface area contributed by atoms with Gasteiger partial charge in [-0.15, -0.1) is 0 Å². The van der Waals surface area contributed by atoms with E-state index in [-0.39, 0.29) is 6.04 Å². The highest BCUT2D eigenvalue weighted by atomic mass is 35.5. The molecular formula is C12H12ClN3. The molecule has 0 spiro atoms. The lowest BCUT2D eigenvalue weighted by Crippen LogP contribution is -2.15. The van der Waals surface area contributed by atoms with Gasteiger partial charge in [0.25, 0.3) is 0 Å². The van der Waals surface area contributed by atoms with Crippen molar-refractivity contribution in [2.24, 2.45) is 5.73 Å². The van der Waals surface area contributed by atoms with Crippen LogP contribution in [0.3, 0.4) is 0 Å². The van der Waals surface area contributed by atoms with Crippen molar-refractivity contribution in [2.75, 3.05) is 0 Å².